The summed E-state index contributed by atoms with van der Waals surface area (Å²) in [6.07, 6.45) is 1.93. The minimum absolute atomic E-state index is 0.197. The molecule has 0 aliphatic rings. The number of amides is 1. The number of anilines is 2. The van der Waals surface area contributed by atoms with Crippen LogP contribution >= 0.6 is 11.9 Å². The van der Waals surface area contributed by atoms with Gasteiger partial charge in [-0.15, -0.1) is 0 Å². The summed E-state index contributed by atoms with van der Waals surface area (Å²) in [6, 6.07) is 16.0. The molecule has 1 heterocycles. The van der Waals surface area contributed by atoms with Crippen LogP contribution in [0.1, 0.15) is 10.5 Å². The van der Waals surface area contributed by atoms with E-state index in [1.165, 1.54) is 11.9 Å². The molecule has 0 bridgehead atoms. The van der Waals surface area contributed by atoms with Gasteiger partial charge in [-0.25, -0.2) is 0 Å². The number of aromatic hydroxyl groups is 1. The van der Waals surface area contributed by atoms with Gasteiger partial charge in [0, 0.05) is 30.2 Å². The molecule has 3 rings (SSSR count). The Morgan fingerprint density at radius 3 is 2.56 bits per heavy atom. The summed E-state index contributed by atoms with van der Waals surface area (Å²) in [7, 11) is 1.78. The minimum Gasteiger partial charge on any atom is -0.508 e. The van der Waals surface area contributed by atoms with Crippen LogP contribution in [0, 0.1) is 0 Å². The Hall–Kier alpha value is -2.93. The van der Waals surface area contributed by atoms with E-state index in [2.05, 4.69) is 15.1 Å². The van der Waals surface area contributed by atoms with Crippen molar-refractivity contribution in [3.05, 3.63) is 60.3 Å². The maximum absolute atomic E-state index is 12.5. The Balaban J connectivity index is 1.80. The van der Waals surface area contributed by atoms with Gasteiger partial charge < -0.3 is 15.1 Å². The predicted octanol–water partition coefficient (Wildman–Crippen LogP) is 3.73. The molecule has 0 fully saturated rings. The summed E-state index contributed by atoms with van der Waals surface area (Å²) in [5, 5.41) is 16.5. The quantitative estimate of drug-likeness (QED) is 0.608. The number of hydrogen-bond donors (Lipinski definition) is 3. The minimum atomic E-state index is -0.276. The molecule has 0 spiro atoms. The molecule has 3 aromatic rings. The van der Waals surface area contributed by atoms with Crippen molar-refractivity contribution in [2.75, 3.05) is 16.3 Å². The van der Waals surface area contributed by atoms with Crippen molar-refractivity contribution >= 4 is 29.2 Å². The molecule has 7 heteroatoms. The second-order valence-corrected chi connectivity index (χ2v) is 6.04. The second kappa shape index (κ2) is 7.31. The van der Waals surface area contributed by atoms with Crippen LogP contribution in [0.2, 0.25) is 0 Å². The molecule has 3 N–H and O–H groups in total. The standard InChI is InChI=1S/C18H18N4O2S/c1-22-17(12-6-8-15(23)9-7-12)11-16(20-22)18(24)19-13-4-3-5-14(10-13)21-25-2/h3-11,21,23H,1-2H3,(H,19,24). The van der Waals surface area contributed by atoms with Gasteiger partial charge in [0.05, 0.1) is 5.69 Å². The number of carbonyl (C=O) groups is 1. The number of phenolic OH excluding ortho intramolecular Hbond substituents is 1. The lowest BCUT2D eigenvalue weighted by Gasteiger charge is -2.06. The molecule has 6 nitrogen and oxygen atoms in total. The molecule has 0 saturated carbocycles. The topological polar surface area (TPSA) is 79.2 Å². The molecule has 1 amide bonds. The zero-order valence-corrected chi connectivity index (χ0v) is 14.7. The van der Waals surface area contributed by atoms with E-state index in [1.807, 2.05) is 30.5 Å². The summed E-state index contributed by atoms with van der Waals surface area (Å²) in [4.78, 5) is 12.5. The van der Waals surface area contributed by atoms with Crippen molar-refractivity contribution in [1.82, 2.24) is 9.78 Å². The first-order valence-electron chi connectivity index (χ1n) is 7.60. The maximum Gasteiger partial charge on any atom is 0.276 e. The van der Waals surface area contributed by atoms with E-state index >= 15 is 0 Å². The lowest BCUT2D eigenvalue weighted by molar-refractivity contribution is 0.102. The van der Waals surface area contributed by atoms with Crippen LogP contribution in [-0.2, 0) is 7.05 Å². The highest BCUT2D eigenvalue weighted by atomic mass is 32.2. The number of nitrogens with one attached hydrogen (secondary N) is 2. The largest absolute Gasteiger partial charge is 0.508 e. The number of aromatic nitrogens is 2. The molecule has 0 saturated heterocycles. The highest BCUT2D eigenvalue weighted by Crippen LogP contribution is 2.23. The molecule has 0 atom stereocenters. The van der Waals surface area contributed by atoms with Crippen molar-refractivity contribution in [3.8, 4) is 17.0 Å². The fraction of sp³-hybridized carbons (Fsp3) is 0.111. The lowest BCUT2D eigenvalue weighted by atomic mass is 10.1. The van der Waals surface area contributed by atoms with Crippen molar-refractivity contribution in [3.63, 3.8) is 0 Å². The van der Waals surface area contributed by atoms with E-state index in [0.717, 1.165) is 16.9 Å². The van der Waals surface area contributed by atoms with Crippen LogP contribution < -0.4 is 10.0 Å². The van der Waals surface area contributed by atoms with Crippen LogP contribution in [0.4, 0.5) is 11.4 Å². The molecule has 0 aliphatic heterocycles. The molecule has 2 aromatic carbocycles. The Labute approximate surface area is 150 Å². The normalized spacial score (nSPS) is 10.5. The summed E-state index contributed by atoms with van der Waals surface area (Å²) < 4.78 is 4.77. The summed E-state index contributed by atoms with van der Waals surface area (Å²) >= 11 is 1.49. The van der Waals surface area contributed by atoms with Gasteiger partial charge in [0.15, 0.2) is 5.69 Å². The third-order valence-corrected chi connectivity index (χ3v) is 4.06. The van der Waals surface area contributed by atoms with Crippen molar-refractivity contribution in [2.45, 2.75) is 0 Å². The van der Waals surface area contributed by atoms with Gasteiger partial charge in [-0.1, -0.05) is 18.0 Å². The third-order valence-electron chi connectivity index (χ3n) is 3.62. The lowest BCUT2D eigenvalue weighted by Crippen LogP contribution is -2.13. The average Bonchev–Trinajstić information content (AvgIpc) is 2.98. The van der Waals surface area contributed by atoms with E-state index in [1.54, 1.807) is 42.1 Å². The second-order valence-electron chi connectivity index (χ2n) is 5.43. The van der Waals surface area contributed by atoms with Crippen LogP contribution in [0.5, 0.6) is 5.75 Å². The summed E-state index contributed by atoms with van der Waals surface area (Å²) in [6.45, 7) is 0. The van der Waals surface area contributed by atoms with Crippen LogP contribution in [0.3, 0.4) is 0 Å². The summed E-state index contributed by atoms with van der Waals surface area (Å²) in [5.41, 5.74) is 3.60. The molecule has 1 aromatic heterocycles. The van der Waals surface area contributed by atoms with Crippen LogP contribution in [-0.4, -0.2) is 27.0 Å². The number of benzene rings is 2. The highest BCUT2D eigenvalue weighted by Gasteiger charge is 2.14. The van der Waals surface area contributed by atoms with E-state index < -0.39 is 0 Å². The zero-order valence-electron chi connectivity index (χ0n) is 13.9. The predicted molar refractivity (Wildman–Crippen MR) is 102 cm³/mol. The van der Waals surface area contributed by atoms with Crippen molar-refractivity contribution < 1.29 is 9.90 Å². The van der Waals surface area contributed by atoms with Gasteiger partial charge in [-0.3, -0.25) is 9.48 Å². The zero-order chi connectivity index (χ0) is 17.8. The number of rotatable bonds is 5. The first-order valence-corrected chi connectivity index (χ1v) is 8.83. The van der Waals surface area contributed by atoms with Gasteiger partial charge in [-0.05, 0) is 48.5 Å². The first-order chi connectivity index (χ1) is 12.1. The Bertz CT molecular complexity index is 890. The molecule has 128 valence electrons. The fourth-order valence-corrected chi connectivity index (χ4v) is 2.82. The van der Waals surface area contributed by atoms with E-state index in [0.29, 0.717) is 11.4 Å². The highest BCUT2D eigenvalue weighted by molar-refractivity contribution is 7.99. The number of phenols is 1. The van der Waals surface area contributed by atoms with Crippen molar-refractivity contribution in [1.29, 1.82) is 0 Å². The Kier molecular flexibility index (Phi) is 4.95. The van der Waals surface area contributed by atoms with E-state index in [-0.39, 0.29) is 11.7 Å². The molecule has 25 heavy (non-hydrogen) atoms. The number of hydrogen-bond acceptors (Lipinski definition) is 5. The van der Waals surface area contributed by atoms with Crippen LogP contribution in [0.15, 0.2) is 54.6 Å². The fourth-order valence-electron chi connectivity index (χ4n) is 2.45. The number of aryl methyl sites for hydroxylation is 1. The van der Waals surface area contributed by atoms with Gasteiger partial charge in [0.2, 0.25) is 0 Å². The third kappa shape index (κ3) is 3.95. The van der Waals surface area contributed by atoms with Crippen molar-refractivity contribution in [2.24, 2.45) is 7.05 Å². The first kappa shape index (κ1) is 16.9. The molecule has 0 aliphatic carbocycles. The SMILES string of the molecule is CSNc1cccc(NC(=O)c2cc(-c3ccc(O)cc3)n(C)n2)c1. The molecular weight excluding hydrogens is 336 g/mol. The van der Waals surface area contributed by atoms with Crippen LogP contribution in [0.25, 0.3) is 11.3 Å². The van der Waals surface area contributed by atoms with E-state index in [4.69, 9.17) is 0 Å². The molecule has 0 unspecified atom stereocenters. The van der Waals surface area contributed by atoms with E-state index in [9.17, 15) is 9.90 Å². The molecular formula is C18H18N4O2S. The van der Waals surface area contributed by atoms with Gasteiger partial charge in [0.1, 0.15) is 5.75 Å². The Morgan fingerprint density at radius 2 is 1.84 bits per heavy atom. The Morgan fingerprint density at radius 1 is 1.12 bits per heavy atom. The van der Waals surface area contributed by atoms with Gasteiger partial charge in [-0.2, -0.15) is 5.10 Å². The average molecular weight is 354 g/mol. The number of nitrogens with zero attached hydrogens (tertiary/aromatic N) is 2. The van der Waals surface area contributed by atoms with Gasteiger partial charge in [0.25, 0.3) is 5.91 Å². The summed E-state index contributed by atoms with van der Waals surface area (Å²) in [5.74, 6) is -0.0791. The smallest absolute Gasteiger partial charge is 0.276 e. The number of carbonyl (C=O) groups excluding carboxylic acids is 1. The monoisotopic (exact) mass is 354 g/mol. The maximum atomic E-state index is 12.5. The van der Waals surface area contributed by atoms with Gasteiger partial charge >= 0.3 is 0 Å². The molecule has 0 radical (unpaired) electrons.